The van der Waals surface area contributed by atoms with Crippen LogP contribution in [0.1, 0.15) is 24.6 Å². The van der Waals surface area contributed by atoms with E-state index in [4.69, 9.17) is 0 Å². The topological polar surface area (TPSA) is 42.7 Å². The number of hydrogen-bond donors (Lipinski definition) is 1. The van der Waals surface area contributed by atoms with E-state index in [1.807, 2.05) is 30.9 Å². The Hall–Kier alpha value is -1.49. The van der Waals surface area contributed by atoms with Crippen LogP contribution in [0.2, 0.25) is 0 Å². The van der Waals surface area contributed by atoms with Gasteiger partial charge in [-0.15, -0.1) is 11.8 Å². The summed E-state index contributed by atoms with van der Waals surface area (Å²) >= 11 is 1.79. The van der Waals surface area contributed by atoms with Crippen molar-refractivity contribution in [2.45, 2.75) is 31.0 Å². The van der Waals surface area contributed by atoms with Gasteiger partial charge in [-0.2, -0.15) is 5.10 Å². The zero-order valence-corrected chi connectivity index (χ0v) is 12.5. The second-order valence-corrected chi connectivity index (χ2v) is 5.47. The summed E-state index contributed by atoms with van der Waals surface area (Å²) in [5, 5.41) is 8.92. The minimum atomic E-state index is 0.902. The highest BCUT2D eigenvalue weighted by Crippen LogP contribution is 2.25. The molecule has 0 aromatic carbocycles. The molecule has 2 aromatic rings. The Morgan fingerprint density at radius 3 is 2.95 bits per heavy atom. The summed E-state index contributed by atoms with van der Waals surface area (Å²) in [6.07, 6.45) is 2.93. The third-order valence-corrected chi connectivity index (χ3v) is 3.90. The van der Waals surface area contributed by atoms with Gasteiger partial charge < -0.3 is 5.32 Å². The Balaban J connectivity index is 2.04. The monoisotopic (exact) mass is 276 g/mol. The van der Waals surface area contributed by atoms with Gasteiger partial charge in [0.25, 0.3) is 0 Å². The molecule has 0 saturated heterocycles. The largest absolute Gasteiger partial charge is 0.370 e. The maximum absolute atomic E-state index is 4.41. The molecular formula is C14H20N4S. The Labute approximate surface area is 118 Å². The highest BCUT2D eigenvalue weighted by atomic mass is 32.2. The van der Waals surface area contributed by atoms with E-state index >= 15 is 0 Å². The highest BCUT2D eigenvalue weighted by Gasteiger charge is 2.06. The molecule has 0 aliphatic heterocycles. The van der Waals surface area contributed by atoms with Gasteiger partial charge >= 0.3 is 0 Å². The quantitative estimate of drug-likeness (QED) is 0.823. The molecule has 2 aromatic heterocycles. The van der Waals surface area contributed by atoms with Gasteiger partial charge in [-0.05, 0) is 25.5 Å². The van der Waals surface area contributed by atoms with Crippen molar-refractivity contribution in [2.24, 2.45) is 7.05 Å². The van der Waals surface area contributed by atoms with E-state index < -0.39 is 0 Å². The average molecular weight is 276 g/mol. The lowest BCUT2D eigenvalue weighted by Crippen LogP contribution is -2.04. The second-order valence-electron chi connectivity index (χ2n) is 4.47. The van der Waals surface area contributed by atoms with E-state index in [2.05, 4.69) is 34.5 Å². The third-order valence-electron chi connectivity index (χ3n) is 2.77. The molecular weight excluding hydrogens is 256 g/mol. The first-order valence-electron chi connectivity index (χ1n) is 6.52. The number of pyridine rings is 1. The molecule has 5 heteroatoms. The Kier molecular flexibility index (Phi) is 4.85. The molecule has 0 aliphatic carbocycles. The van der Waals surface area contributed by atoms with Gasteiger partial charge in [0, 0.05) is 31.1 Å². The second kappa shape index (κ2) is 6.61. The van der Waals surface area contributed by atoms with Crippen LogP contribution in [0.15, 0.2) is 29.4 Å². The van der Waals surface area contributed by atoms with E-state index in [0.29, 0.717) is 0 Å². The number of thioether (sulfide) groups is 1. The van der Waals surface area contributed by atoms with Gasteiger partial charge in [0.15, 0.2) is 0 Å². The van der Waals surface area contributed by atoms with Gasteiger partial charge in [0.05, 0.1) is 10.7 Å². The Morgan fingerprint density at radius 1 is 1.42 bits per heavy atom. The zero-order valence-electron chi connectivity index (χ0n) is 11.7. The molecule has 4 nitrogen and oxygen atoms in total. The maximum Gasteiger partial charge on any atom is 0.129 e. The summed E-state index contributed by atoms with van der Waals surface area (Å²) in [7, 11) is 1.98. The van der Waals surface area contributed by atoms with Crippen molar-refractivity contribution in [3.05, 3.63) is 35.7 Å². The van der Waals surface area contributed by atoms with Crippen LogP contribution in [0.4, 0.5) is 5.82 Å². The van der Waals surface area contributed by atoms with Crippen LogP contribution in [-0.2, 0) is 12.8 Å². The number of hydrogen-bond acceptors (Lipinski definition) is 4. The van der Waals surface area contributed by atoms with Crippen molar-refractivity contribution in [2.75, 3.05) is 11.9 Å². The third kappa shape index (κ3) is 3.73. The molecule has 0 saturated carbocycles. The lowest BCUT2D eigenvalue weighted by molar-refractivity contribution is 0.692. The highest BCUT2D eigenvalue weighted by molar-refractivity contribution is 7.98. The Morgan fingerprint density at radius 2 is 2.26 bits per heavy atom. The lowest BCUT2D eigenvalue weighted by atomic mass is 10.3. The fraction of sp³-hybridized carbons (Fsp3) is 0.429. The van der Waals surface area contributed by atoms with Gasteiger partial charge in [0.2, 0.25) is 0 Å². The summed E-state index contributed by atoms with van der Waals surface area (Å²) in [5.74, 6) is 1.90. The molecule has 0 radical (unpaired) electrons. The standard InChI is InChI=1S/C14H20N4S/c1-4-7-15-14-12(6-5-8-16-14)10-19-13-9-11(2)17-18(13)3/h5-6,8-9H,4,7,10H2,1-3H3,(H,15,16). The summed E-state index contributed by atoms with van der Waals surface area (Å²) in [6, 6.07) is 6.23. The first-order chi connectivity index (χ1) is 9.20. The summed E-state index contributed by atoms with van der Waals surface area (Å²) in [6.45, 7) is 5.13. The molecule has 19 heavy (non-hydrogen) atoms. The maximum atomic E-state index is 4.41. The smallest absolute Gasteiger partial charge is 0.129 e. The molecule has 0 unspecified atom stereocenters. The van der Waals surface area contributed by atoms with E-state index in [1.165, 1.54) is 10.6 Å². The van der Waals surface area contributed by atoms with Gasteiger partial charge in [-0.1, -0.05) is 13.0 Å². The van der Waals surface area contributed by atoms with Crippen LogP contribution in [0.5, 0.6) is 0 Å². The number of rotatable bonds is 6. The van der Waals surface area contributed by atoms with Crippen molar-refractivity contribution >= 4 is 17.6 Å². The molecule has 2 rings (SSSR count). The predicted octanol–water partition coefficient (Wildman–Crippen LogP) is 3.24. The SMILES string of the molecule is CCCNc1ncccc1CSc1cc(C)nn1C. The molecule has 1 N–H and O–H groups in total. The van der Waals surface area contributed by atoms with Crippen LogP contribution >= 0.6 is 11.8 Å². The molecule has 0 spiro atoms. The van der Waals surface area contributed by atoms with Gasteiger partial charge in [-0.3, -0.25) is 4.68 Å². The van der Waals surface area contributed by atoms with E-state index in [-0.39, 0.29) is 0 Å². The van der Waals surface area contributed by atoms with Gasteiger partial charge in [0.1, 0.15) is 5.82 Å². The van der Waals surface area contributed by atoms with Crippen molar-refractivity contribution in [3.8, 4) is 0 Å². The first kappa shape index (κ1) is 13.9. The minimum absolute atomic E-state index is 0.902. The number of anilines is 1. The van der Waals surface area contributed by atoms with Crippen molar-refractivity contribution in [1.29, 1.82) is 0 Å². The van der Waals surface area contributed by atoms with Crippen LogP contribution < -0.4 is 5.32 Å². The fourth-order valence-electron chi connectivity index (χ4n) is 1.83. The van der Waals surface area contributed by atoms with E-state index in [0.717, 1.165) is 30.2 Å². The summed E-state index contributed by atoms with van der Waals surface area (Å²) in [5.41, 5.74) is 2.29. The van der Waals surface area contributed by atoms with Crippen LogP contribution in [0.3, 0.4) is 0 Å². The van der Waals surface area contributed by atoms with Crippen molar-refractivity contribution in [3.63, 3.8) is 0 Å². The average Bonchev–Trinajstić information content (AvgIpc) is 2.73. The minimum Gasteiger partial charge on any atom is -0.370 e. The van der Waals surface area contributed by atoms with E-state index in [1.54, 1.807) is 11.8 Å². The van der Waals surface area contributed by atoms with E-state index in [9.17, 15) is 0 Å². The normalized spacial score (nSPS) is 10.7. The molecule has 0 atom stereocenters. The molecule has 2 heterocycles. The zero-order chi connectivity index (χ0) is 13.7. The number of aromatic nitrogens is 3. The molecule has 0 amide bonds. The molecule has 0 aliphatic rings. The molecule has 0 bridgehead atoms. The van der Waals surface area contributed by atoms with Crippen LogP contribution in [0, 0.1) is 6.92 Å². The predicted molar refractivity (Wildman–Crippen MR) is 80.5 cm³/mol. The summed E-state index contributed by atoms with van der Waals surface area (Å²) in [4.78, 5) is 4.41. The van der Waals surface area contributed by atoms with Crippen molar-refractivity contribution in [1.82, 2.24) is 14.8 Å². The molecule has 102 valence electrons. The number of aryl methyl sites for hydroxylation is 2. The Bertz CT molecular complexity index is 536. The molecule has 0 fully saturated rings. The number of nitrogens with zero attached hydrogens (tertiary/aromatic N) is 3. The van der Waals surface area contributed by atoms with Gasteiger partial charge in [-0.25, -0.2) is 4.98 Å². The number of nitrogens with one attached hydrogen (secondary N) is 1. The summed E-state index contributed by atoms with van der Waals surface area (Å²) < 4.78 is 1.93. The lowest BCUT2D eigenvalue weighted by Gasteiger charge is -2.09. The van der Waals surface area contributed by atoms with Crippen LogP contribution in [-0.4, -0.2) is 21.3 Å². The fourth-order valence-corrected chi connectivity index (χ4v) is 2.85. The van der Waals surface area contributed by atoms with Crippen molar-refractivity contribution < 1.29 is 0 Å². The van der Waals surface area contributed by atoms with Crippen LogP contribution in [0.25, 0.3) is 0 Å². The first-order valence-corrected chi connectivity index (χ1v) is 7.50.